The molecule has 21 heavy (non-hydrogen) atoms. The molecule has 5 nitrogen and oxygen atoms in total. The van der Waals surface area contributed by atoms with E-state index in [1.54, 1.807) is 11.9 Å². The lowest BCUT2D eigenvalue weighted by molar-refractivity contribution is -0.135. The van der Waals surface area contributed by atoms with Crippen molar-refractivity contribution in [2.45, 2.75) is 38.0 Å². The van der Waals surface area contributed by atoms with Gasteiger partial charge in [0, 0.05) is 26.4 Å². The number of hydrogen-bond donors (Lipinski definition) is 1. The number of benzene rings is 1. The van der Waals surface area contributed by atoms with E-state index in [0.29, 0.717) is 26.0 Å². The van der Waals surface area contributed by atoms with E-state index in [-0.39, 0.29) is 24.0 Å². The highest BCUT2D eigenvalue weighted by Gasteiger charge is 2.31. The van der Waals surface area contributed by atoms with E-state index in [0.717, 1.165) is 6.42 Å². The summed E-state index contributed by atoms with van der Waals surface area (Å²) in [5.41, 5.74) is 2.52. The van der Waals surface area contributed by atoms with Crippen molar-refractivity contribution in [3.63, 3.8) is 0 Å². The van der Waals surface area contributed by atoms with E-state index in [4.69, 9.17) is 4.74 Å². The molecule has 3 rings (SSSR count). The Labute approximate surface area is 124 Å². The molecule has 2 atom stereocenters. The molecule has 2 aliphatic heterocycles. The lowest BCUT2D eigenvalue weighted by Gasteiger charge is -2.30. The lowest BCUT2D eigenvalue weighted by Crippen LogP contribution is -2.46. The smallest absolute Gasteiger partial charge is 0.244 e. The molecule has 5 heteroatoms. The van der Waals surface area contributed by atoms with Crippen LogP contribution in [0.15, 0.2) is 24.3 Å². The van der Waals surface area contributed by atoms with Crippen LogP contribution in [0.4, 0.5) is 0 Å². The fourth-order valence-corrected chi connectivity index (χ4v) is 2.99. The van der Waals surface area contributed by atoms with Crippen LogP contribution in [0.25, 0.3) is 0 Å². The lowest BCUT2D eigenvalue weighted by atomic mass is 9.99. The molecule has 2 aliphatic rings. The number of likely N-dealkylation sites (N-methyl/N-ethyl adjacent to an activating group) is 1. The second-order valence-electron chi connectivity index (χ2n) is 5.78. The van der Waals surface area contributed by atoms with Gasteiger partial charge in [0.1, 0.15) is 6.04 Å². The van der Waals surface area contributed by atoms with E-state index in [2.05, 4.69) is 17.4 Å². The molecule has 112 valence electrons. The van der Waals surface area contributed by atoms with E-state index in [1.165, 1.54) is 11.1 Å². The number of nitrogens with zero attached hydrogens (tertiary/aromatic N) is 1. The maximum Gasteiger partial charge on any atom is 0.244 e. The molecule has 1 N–H and O–H groups in total. The summed E-state index contributed by atoms with van der Waals surface area (Å²) in [6.07, 6.45) is 1.88. The zero-order valence-electron chi connectivity index (χ0n) is 12.2. The van der Waals surface area contributed by atoms with Crippen molar-refractivity contribution in [2.24, 2.45) is 0 Å². The van der Waals surface area contributed by atoms with Crippen LogP contribution in [0.2, 0.25) is 0 Å². The topological polar surface area (TPSA) is 58.6 Å². The van der Waals surface area contributed by atoms with Gasteiger partial charge in [-0.25, -0.2) is 0 Å². The average Bonchev–Trinajstić information content (AvgIpc) is 2.93. The molecule has 0 aromatic heterocycles. The summed E-state index contributed by atoms with van der Waals surface area (Å²) < 4.78 is 5.83. The molecule has 1 fully saturated rings. The molecule has 2 heterocycles. The van der Waals surface area contributed by atoms with Crippen LogP contribution < -0.4 is 5.32 Å². The van der Waals surface area contributed by atoms with Gasteiger partial charge in [0.2, 0.25) is 11.8 Å². The number of carbonyl (C=O) groups is 2. The summed E-state index contributed by atoms with van der Waals surface area (Å²) in [5, 5.41) is 2.72. The Balaban J connectivity index is 1.57. The van der Waals surface area contributed by atoms with Gasteiger partial charge in [0.05, 0.1) is 12.7 Å². The summed E-state index contributed by atoms with van der Waals surface area (Å²) in [5.74, 6) is -0.0621. The first-order valence-corrected chi connectivity index (χ1v) is 7.36. The van der Waals surface area contributed by atoms with Gasteiger partial charge in [0.25, 0.3) is 0 Å². The summed E-state index contributed by atoms with van der Waals surface area (Å²) in [6, 6.07) is 7.88. The second-order valence-corrected chi connectivity index (χ2v) is 5.78. The number of amides is 2. The predicted molar refractivity (Wildman–Crippen MR) is 77.5 cm³/mol. The Morgan fingerprint density at radius 2 is 2.14 bits per heavy atom. The van der Waals surface area contributed by atoms with Gasteiger partial charge in [-0.2, -0.15) is 0 Å². The molecule has 0 radical (unpaired) electrons. The van der Waals surface area contributed by atoms with Crippen molar-refractivity contribution in [3.8, 4) is 0 Å². The van der Waals surface area contributed by atoms with Gasteiger partial charge in [-0.3, -0.25) is 9.59 Å². The van der Waals surface area contributed by atoms with Crippen LogP contribution in [-0.4, -0.2) is 42.5 Å². The molecule has 0 saturated carbocycles. The summed E-state index contributed by atoms with van der Waals surface area (Å²) >= 11 is 0. The van der Waals surface area contributed by atoms with Gasteiger partial charge < -0.3 is 15.0 Å². The molecular formula is C16H20N2O3. The fraction of sp³-hybridized carbons (Fsp3) is 0.500. The summed E-state index contributed by atoms with van der Waals surface area (Å²) in [4.78, 5) is 25.1. The minimum atomic E-state index is -0.363. The van der Waals surface area contributed by atoms with Gasteiger partial charge in [0.15, 0.2) is 0 Å². The molecule has 1 aromatic carbocycles. The normalized spacial score (nSPS) is 24.3. The number of fused-ring (bicyclic) bond motifs is 1. The van der Waals surface area contributed by atoms with Crippen molar-refractivity contribution in [1.29, 1.82) is 0 Å². The molecule has 1 aromatic rings. The summed E-state index contributed by atoms with van der Waals surface area (Å²) in [6.45, 7) is 1.16. The first-order valence-electron chi connectivity index (χ1n) is 7.36. The molecule has 0 aliphatic carbocycles. The number of carbonyl (C=O) groups excluding carboxylic acids is 2. The van der Waals surface area contributed by atoms with Crippen LogP contribution >= 0.6 is 0 Å². The largest absolute Gasteiger partial charge is 0.371 e. The van der Waals surface area contributed by atoms with E-state index in [9.17, 15) is 9.59 Å². The number of ether oxygens (including phenoxy) is 1. The highest BCUT2D eigenvalue weighted by Crippen LogP contribution is 2.21. The third-order valence-electron chi connectivity index (χ3n) is 4.19. The highest BCUT2D eigenvalue weighted by molar-refractivity contribution is 5.90. The number of rotatable bonds is 3. The Morgan fingerprint density at radius 1 is 1.38 bits per heavy atom. The van der Waals surface area contributed by atoms with E-state index >= 15 is 0 Å². The van der Waals surface area contributed by atoms with Crippen molar-refractivity contribution in [2.75, 3.05) is 13.6 Å². The van der Waals surface area contributed by atoms with Crippen LogP contribution in [-0.2, 0) is 27.4 Å². The van der Waals surface area contributed by atoms with Crippen molar-refractivity contribution in [1.82, 2.24) is 10.2 Å². The number of hydrogen-bond acceptors (Lipinski definition) is 3. The fourth-order valence-electron chi connectivity index (χ4n) is 2.99. The first-order chi connectivity index (χ1) is 10.1. The standard InChI is InChI=1S/C16H20N2O3/c1-18(16(20)14-6-7-15(19)17-14)9-13-8-11-4-2-3-5-12(11)10-21-13/h2-5,13-14H,6-10H2,1H3,(H,17,19)/t13-,14-/m0/s1. The number of nitrogens with one attached hydrogen (secondary N) is 1. The summed E-state index contributed by atoms with van der Waals surface area (Å²) in [7, 11) is 1.77. The van der Waals surface area contributed by atoms with Crippen LogP contribution in [0, 0.1) is 0 Å². The maximum atomic E-state index is 12.3. The molecular weight excluding hydrogens is 268 g/mol. The van der Waals surface area contributed by atoms with Crippen molar-refractivity contribution >= 4 is 11.8 Å². The zero-order chi connectivity index (χ0) is 14.8. The second kappa shape index (κ2) is 5.85. The minimum Gasteiger partial charge on any atom is -0.371 e. The van der Waals surface area contributed by atoms with E-state index < -0.39 is 0 Å². The average molecular weight is 288 g/mol. The predicted octanol–water partition coefficient (Wildman–Crippen LogP) is 0.865. The van der Waals surface area contributed by atoms with Gasteiger partial charge >= 0.3 is 0 Å². The zero-order valence-corrected chi connectivity index (χ0v) is 12.2. The Morgan fingerprint density at radius 3 is 2.86 bits per heavy atom. The van der Waals surface area contributed by atoms with E-state index in [1.807, 2.05) is 12.1 Å². The molecule has 0 bridgehead atoms. The SMILES string of the molecule is CN(C[C@@H]1Cc2ccccc2CO1)C(=O)[C@@H]1CCC(=O)N1. The van der Waals surface area contributed by atoms with Crippen LogP contribution in [0.1, 0.15) is 24.0 Å². The van der Waals surface area contributed by atoms with Crippen LogP contribution in [0.3, 0.4) is 0 Å². The third kappa shape index (κ3) is 3.08. The first kappa shape index (κ1) is 14.1. The molecule has 2 amide bonds. The highest BCUT2D eigenvalue weighted by atomic mass is 16.5. The minimum absolute atomic E-state index is 0.0194. The van der Waals surface area contributed by atoms with Crippen LogP contribution in [0.5, 0.6) is 0 Å². The molecule has 0 spiro atoms. The molecule has 1 saturated heterocycles. The van der Waals surface area contributed by atoms with Gasteiger partial charge in [-0.1, -0.05) is 24.3 Å². The maximum absolute atomic E-state index is 12.3. The molecule has 0 unspecified atom stereocenters. The van der Waals surface area contributed by atoms with Gasteiger partial charge in [-0.15, -0.1) is 0 Å². The van der Waals surface area contributed by atoms with Crippen molar-refractivity contribution < 1.29 is 14.3 Å². The Kier molecular flexibility index (Phi) is 3.92. The third-order valence-corrected chi connectivity index (χ3v) is 4.19. The Bertz CT molecular complexity index is 558. The monoisotopic (exact) mass is 288 g/mol. The quantitative estimate of drug-likeness (QED) is 0.897. The van der Waals surface area contributed by atoms with Gasteiger partial charge in [-0.05, 0) is 17.5 Å². The Hall–Kier alpha value is -1.88. The van der Waals surface area contributed by atoms with Crippen molar-refractivity contribution in [3.05, 3.63) is 35.4 Å².